The van der Waals surface area contributed by atoms with E-state index in [0.29, 0.717) is 18.5 Å². The Labute approximate surface area is 180 Å². The molecular formula is C21H23FN2O6S. The van der Waals surface area contributed by atoms with Gasteiger partial charge < -0.3 is 14.8 Å². The zero-order valence-electron chi connectivity index (χ0n) is 17.1. The maximum absolute atomic E-state index is 13.3. The highest BCUT2D eigenvalue weighted by Gasteiger charge is 2.34. The third-order valence-corrected chi connectivity index (χ3v) is 7.11. The number of benzene rings is 2. The summed E-state index contributed by atoms with van der Waals surface area (Å²) in [6, 6.07) is 9.66. The van der Waals surface area contributed by atoms with Crippen LogP contribution in [0.25, 0.3) is 0 Å². The molecule has 0 aromatic heterocycles. The average molecular weight is 450 g/mol. The molecule has 0 saturated carbocycles. The van der Waals surface area contributed by atoms with E-state index in [2.05, 4.69) is 10.1 Å². The molecule has 1 aliphatic rings. The minimum absolute atomic E-state index is 0.0340. The fourth-order valence-corrected chi connectivity index (χ4v) is 5.12. The number of hydrogen-bond donors (Lipinski definition) is 1. The van der Waals surface area contributed by atoms with Gasteiger partial charge in [-0.2, -0.15) is 4.31 Å². The molecule has 31 heavy (non-hydrogen) atoms. The lowest BCUT2D eigenvalue weighted by Gasteiger charge is -2.31. The first-order chi connectivity index (χ1) is 14.8. The lowest BCUT2D eigenvalue weighted by molar-refractivity contribution is -0.120. The number of methoxy groups -OCH3 is 2. The van der Waals surface area contributed by atoms with Crippen molar-refractivity contribution in [2.45, 2.75) is 17.7 Å². The Balaban J connectivity index is 1.69. The highest BCUT2D eigenvalue weighted by atomic mass is 32.2. The number of carbonyl (C=O) groups is 2. The normalized spacial score (nSPS) is 15.3. The van der Waals surface area contributed by atoms with E-state index in [1.165, 1.54) is 54.9 Å². The Hall–Kier alpha value is -2.98. The Morgan fingerprint density at radius 2 is 1.77 bits per heavy atom. The summed E-state index contributed by atoms with van der Waals surface area (Å²) in [6.07, 6.45) is 0.601. The fourth-order valence-electron chi connectivity index (χ4n) is 3.47. The Kier molecular flexibility index (Phi) is 6.91. The number of esters is 1. The molecule has 1 saturated heterocycles. The molecule has 2 aromatic rings. The van der Waals surface area contributed by atoms with Crippen molar-refractivity contribution < 1.29 is 31.9 Å². The van der Waals surface area contributed by atoms with Crippen molar-refractivity contribution in [1.82, 2.24) is 4.31 Å². The maximum Gasteiger partial charge on any atom is 0.339 e. The van der Waals surface area contributed by atoms with Crippen LogP contribution < -0.4 is 10.1 Å². The number of amides is 1. The summed E-state index contributed by atoms with van der Waals surface area (Å²) in [5.41, 5.74) is 0.309. The first-order valence-corrected chi connectivity index (χ1v) is 11.0. The first-order valence-electron chi connectivity index (χ1n) is 9.60. The van der Waals surface area contributed by atoms with Crippen molar-refractivity contribution in [1.29, 1.82) is 0 Å². The molecule has 3 rings (SSSR count). The Bertz CT molecular complexity index is 1080. The Morgan fingerprint density at radius 1 is 1.10 bits per heavy atom. The zero-order valence-corrected chi connectivity index (χ0v) is 17.9. The van der Waals surface area contributed by atoms with Crippen LogP contribution in [0.2, 0.25) is 0 Å². The number of anilines is 1. The van der Waals surface area contributed by atoms with Crippen LogP contribution in [0, 0.1) is 11.7 Å². The smallest absolute Gasteiger partial charge is 0.339 e. The molecular weight excluding hydrogens is 427 g/mol. The molecule has 0 spiro atoms. The minimum Gasteiger partial charge on any atom is -0.494 e. The van der Waals surface area contributed by atoms with Crippen LogP contribution in [0.3, 0.4) is 0 Å². The molecule has 8 nitrogen and oxygen atoms in total. The van der Waals surface area contributed by atoms with E-state index in [9.17, 15) is 22.4 Å². The molecule has 1 N–H and O–H groups in total. The molecule has 1 amide bonds. The van der Waals surface area contributed by atoms with E-state index >= 15 is 0 Å². The summed E-state index contributed by atoms with van der Waals surface area (Å²) in [5.74, 6) is -1.73. The number of nitrogens with one attached hydrogen (secondary N) is 1. The molecule has 1 fully saturated rings. The number of sulfonamides is 1. The van der Waals surface area contributed by atoms with Crippen LogP contribution in [0.5, 0.6) is 5.75 Å². The van der Waals surface area contributed by atoms with Crippen LogP contribution in [0.1, 0.15) is 23.2 Å². The standard InChI is InChI=1S/C21H23FN2O6S/c1-29-18-13-15(22)7-8-17(18)23-20(25)14-9-11-24(12-10-14)31(27,28)19-6-4-3-5-16(19)21(26)30-2/h3-8,13-14H,9-12H2,1-2H3,(H,23,25). The molecule has 0 atom stereocenters. The second-order valence-electron chi connectivity index (χ2n) is 7.00. The van der Waals surface area contributed by atoms with Crippen molar-refractivity contribution in [2.75, 3.05) is 32.6 Å². The monoisotopic (exact) mass is 450 g/mol. The third kappa shape index (κ3) is 4.86. The number of halogens is 1. The highest BCUT2D eigenvalue weighted by Crippen LogP contribution is 2.29. The van der Waals surface area contributed by atoms with Gasteiger partial charge in [-0.1, -0.05) is 12.1 Å². The maximum atomic E-state index is 13.3. The predicted octanol–water partition coefficient (Wildman–Crippen LogP) is 2.66. The van der Waals surface area contributed by atoms with Crippen molar-refractivity contribution in [3.05, 3.63) is 53.8 Å². The van der Waals surface area contributed by atoms with Crippen molar-refractivity contribution in [3.8, 4) is 5.75 Å². The zero-order chi connectivity index (χ0) is 22.6. The molecule has 0 aliphatic carbocycles. The Morgan fingerprint density at radius 3 is 2.42 bits per heavy atom. The molecule has 1 heterocycles. The molecule has 166 valence electrons. The number of nitrogens with zero attached hydrogens (tertiary/aromatic N) is 1. The molecule has 0 radical (unpaired) electrons. The van der Waals surface area contributed by atoms with Crippen LogP contribution in [-0.2, 0) is 19.6 Å². The molecule has 2 aromatic carbocycles. The third-order valence-electron chi connectivity index (χ3n) is 5.16. The van der Waals surface area contributed by atoms with Gasteiger partial charge in [-0.15, -0.1) is 0 Å². The van der Waals surface area contributed by atoms with Gasteiger partial charge in [0.1, 0.15) is 11.6 Å². The van der Waals surface area contributed by atoms with E-state index in [1.54, 1.807) is 6.07 Å². The van der Waals surface area contributed by atoms with Gasteiger partial charge in [0.2, 0.25) is 15.9 Å². The van der Waals surface area contributed by atoms with Gasteiger partial charge in [-0.05, 0) is 37.1 Å². The van der Waals surface area contributed by atoms with Crippen LogP contribution in [0.15, 0.2) is 47.4 Å². The summed E-state index contributed by atoms with van der Waals surface area (Å²) in [7, 11) is -1.37. The number of carbonyl (C=O) groups excluding carboxylic acids is 2. The summed E-state index contributed by atoms with van der Waals surface area (Å²) in [4.78, 5) is 24.5. The van der Waals surface area contributed by atoms with Gasteiger partial charge in [0, 0.05) is 25.1 Å². The van der Waals surface area contributed by atoms with E-state index in [1.807, 2.05) is 0 Å². The van der Waals surface area contributed by atoms with E-state index < -0.39 is 27.7 Å². The predicted molar refractivity (Wildman–Crippen MR) is 111 cm³/mol. The second kappa shape index (κ2) is 9.44. The summed E-state index contributed by atoms with van der Waals surface area (Å²) >= 11 is 0. The largest absolute Gasteiger partial charge is 0.494 e. The van der Waals surface area contributed by atoms with Gasteiger partial charge >= 0.3 is 5.97 Å². The van der Waals surface area contributed by atoms with Crippen molar-refractivity contribution >= 4 is 27.6 Å². The van der Waals surface area contributed by atoms with E-state index in [-0.39, 0.29) is 35.2 Å². The lowest BCUT2D eigenvalue weighted by atomic mass is 9.97. The molecule has 1 aliphatic heterocycles. The summed E-state index contributed by atoms with van der Waals surface area (Å²) in [5, 5.41) is 2.72. The molecule has 0 bridgehead atoms. The quantitative estimate of drug-likeness (QED) is 0.679. The van der Waals surface area contributed by atoms with Crippen LogP contribution in [-0.4, -0.2) is 51.9 Å². The number of hydrogen-bond acceptors (Lipinski definition) is 6. The number of rotatable bonds is 6. The minimum atomic E-state index is -3.93. The summed E-state index contributed by atoms with van der Waals surface area (Å²) in [6.45, 7) is 0.243. The van der Waals surface area contributed by atoms with E-state index in [0.717, 1.165) is 0 Å². The lowest BCUT2D eigenvalue weighted by Crippen LogP contribution is -2.41. The van der Waals surface area contributed by atoms with Gasteiger partial charge in [0.15, 0.2) is 0 Å². The molecule has 0 unspecified atom stereocenters. The number of ether oxygens (including phenoxy) is 2. The second-order valence-corrected chi connectivity index (χ2v) is 8.91. The SMILES string of the molecule is COC(=O)c1ccccc1S(=O)(=O)N1CCC(C(=O)Nc2ccc(F)cc2OC)CC1. The van der Waals surface area contributed by atoms with Gasteiger partial charge in [0.25, 0.3) is 0 Å². The van der Waals surface area contributed by atoms with Gasteiger partial charge in [0.05, 0.1) is 30.4 Å². The first kappa shape index (κ1) is 22.7. The van der Waals surface area contributed by atoms with Crippen LogP contribution >= 0.6 is 0 Å². The van der Waals surface area contributed by atoms with Crippen LogP contribution in [0.4, 0.5) is 10.1 Å². The summed E-state index contributed by atoms with van der Waals surface area (Å²) < 4.78 is 50.5. The number of piperidine rings is 1. The fraction of sp³-hybridized carbons (Fsp3) is 0.333. The topological polar surface area (TPSA) is 102 Å². The van der Waals surface area contributed by atoms with Crippen molar-refractivity contribution in [2.24, 2.45) is 5.92 Å². The van der Waals surface area contributed by atoms with Gasteiger partial charge in [-0.3, -0.25) is 4.79 Å². The highest BCUT2D eigenvalue weighted by molar-refractivity contribution is 7.89. The van der Waals surface area contributed by atoms with Crippen molar-refractivity contribution in [3.63, 3.8) is 0 Å². The molecule has 10 heteroatoms. The average Bonchev–Trinajstić information content (AvgIpc) is 2.79. The van der Waals surface area contributed by atoms with Gasteiger partial charge in [-0.25, -0.2) is 17.6 Å². The van der Waals surface area contributed by atoms with E-state index in [4.69, 9.17) is 4.74 Å².